The molecule has 0 bridgehead atoms. The minimum Gasteiger partial charge on any atom is -0.384 e. The van der Waals surface area contributed by atoms with Gasteiger partial charge in [0.1, 0.15) is 5.82 Å². The molecule has 7 nitrogen and oxygen atoms in total. The molecule has 8 heteroatoms. The van der Waals surface area contributed by atoms with Crippen LogP contribution in [0.5, 0.6) is 0 Å². The fourth-order valence-electron chi connectivity index (χ4n) is 1.93. The topological polar surface area (TPSA) is 78.9 Å². The van der Waals surface area contributed by atoms with Gasteiger partial charge in [0, 0.05) is 19.1 Å². The minimum absolute atomic E-state index is 0.279. The van der Waals surface area contributed by atoms with Gasteiger partial charge in [-0.25, -0.2) is 9.07 Å². The summed E-state index contributed by atoms with van der Waals surface area (Å²) < 4.78 is 25.2. The Labute approximate surface area is 125 Å². The quantitative estimate of drug-likeness (QED) is 0.689. The molecule has 2 heterocycles. The predicted octanol–water partition coefficient (Wildman–Crippen LogP) is 1.70. The lowest BCUT2D eigenvalue weighted by atomic mass is 10.2. The number of ether oxygens (including phenoxy) is 1. The Morgan fingerprint density at radius 3 is 3.00 bits per heavy atom. The van der Waals surface area contributed by atoms with E-state index in [0.717, 1.165) is 0 Å². The summed E-state index contributed by atoms with van der Waals surface area (Å²) in [4.78, 5) is 4.21. The van der Waals surface area contributed by atoms with Crippen molar-refractivity contribution in [2.45, 2.75) is 13.0 Å². The Kier molecular flexibility index (Phi) is 4.19. The number of nitrogens with zero attached hydrogens (tertiary/aromatic N) is 5. The van der Waals surface area contributed by atoms with Gasteiger partial charge in [-0.3, -0.25) is 0 Å². The first-order valence-corrected chi connectivity index (χ1v) is 6.71. The summed E-state index contributed by atoms with van der Waals surface area (Å²) in [6.45, 7) is 0.795. The van der Waals surface area contributed by atoms with Crippen molar-refractivity contribution in [1.82, 2.24) is 25.1 Å². The van der Waals surface area contributed by atoms with Crippen molar-refractivity contribution < 1.29 is 13.7 Å². The maximum absolute atomic E-state index is 13.6. The summed E-state index contributed by atoms with van der Waals surface area (Å²) in [5.74, 6) is 0.547. The van der Waals surface area contributed by atoms with Crippen LogP contribution in [0.25, 0.3) is 11.6 Å². The summed E-state index contributed by atoms with van der Waals surface area (Å²) >= 11 is 0. The van der Waals surface area contributed by atoms with E-state index in [9.17, 15) is 4.39 Å². The molecule has 0 N–H and O–H groups in total. The first-order chi connectivity index (χ1) is 10.8. The molecule has 1 aromatic carbocycles. The van der Waals surface area contributed by atoms with Crippen LogP contribution in [0.15, 0.2) is 35.0 Å². The van der Waals surface area contributed by atoms with Crippen LogP contribution >= 0.6 is 0 Å². The van der Waals surface area contributed by atoms with E-state index in [1.165, 1.54) is 10.7 Å². The average Bonchev–Trinajstić information content (AvgIpc) is 3.16. The Bertz CT molecular complexity index is 755. The Morgan fingerprint density at radius 1 is 1.32 bits per heavy atom. The Morgan fingerprint density at radius 2 is 2.18 bits per heavy atom. The molecule has 114 valence electrons. The Balaban J connectivity index is 1.73. The highest BCUT2D eigenvalue weighted by Gasteiger charge is 2.13. The molecule has 0 aliphatic heterocycles. The van der Waals surface area contributed by atoms with E-state index in [0.29, 0.717) is 30.1 Å². The molecule has 2 aromatic heterocycles. The van der Waals surface area contributed by atoms with Gasteiger partial charge in [-0.05, 0) is 6.07 Å². The van der Waals surface area contributed by atoms with Gasteiger partial charge in [0.15, 0.2) is 11.5 Å². The molecule has 0 spiro atoms. The molecule has 0 aliphatic carbocycles. The summed E-state index contributed by atoms with van der Waals surface area (Å²) in [6, 6.07) is 6.53. The van der Waals surface area contributed by atoms with Gasteiger partial charge in [-0.1, -0.05) is 28.6 Å². The van der Waals surface area contributed by atoms with Crippen molar-refractivity contribution in [3.05, 3.63) is 47.7 Å². The van der Waals surface area contributed by atoms with E-state index < -0.39 is 0 Å². The second kappa shape index (κ2) is 6.44. The van der Waals surface area contributed by atoms with E-state index in [-0.39, 0.29) is 18.3 Å². The van der Waals surface area contributed by atoms with E-state index in [2.05, 4.69) is 20.5 Å². The lowest BCUT2D eigenvalue weighted by Gasteiger charge is -2.01. The number of hydrogen-bond donors (Lipinski definition) is 0. The second-order valence-corrected chi connectivity index (χ2v) is 4.65. The number of halogens is 1. The molecule has 0 atom stereocenters. The first-order valence-electron chi connectivity index (χ1n) is 6.71. The molecule has 0 fully saturated rings. The molecule has 0 amide bonds. The highest BCUT2D eigenvalue weighted by molar-refractivity contribution is 5.43. The van der Waals surface area contributed by atoms with Gasteiger partial charge in [0.2, 0.25) is 0 Å². The zero-order valence-corrected chi connectivity index (χ0v) is 11.9. The van der Waals surface area contributed by atoms with Crippen molar-refractivity contribution >= 4 is 0 Å². The third-order valence-corrected chi connectivity index (χ3v) is 3.05. The number of aromatic nitrogens is 5. The molecule has 0 aliphatic rings. The number of rotatable bonds is 6. The molecule has 0 saturated carbocycles. The van der Waals surface area contributed by atoms with Gasteiger partial charge < -0.3 is 9.26 Å². The lowest BCUT2D eigenvalue weighted by Crippen LogP contribution is -2.02. The molecule has 0 saturated heterocycles. The molecule has 22 heavy (non-hydrogen) atoms. The SMILES string of the molecule is COCCc1noc(-c2cn(Cc3ccccc3F)nn2)n1. The van der Waals surface area contributed by atoms with E-state index in [4.69, 9.17) is 9.26 Å². The van der Waals surface area contributed by atoms with E-state index in [1.54, 1.807) is 31.5 Å². The number of benzene rings is 1. The zero-order chi connectivity index (χ0) is 15.4. The summed E-state index contributed by atoms with van der Waals surface area (Å²) in [5, 5.41) is 11.8. The van der Waals surface area contributed by atoms with Gasteiger partial charge in [-0.15, -0.1) is 5.10 Å². The summed E-state index contributed by atoms with van der Waals surface area (Å²) in [7, 11) is 1.61. The third-order valence-electron chi connectivity index (χ3n) is 3.05. The van der Waals surface area contributed by atoms with Gasteiger partial charge in [0.25, 0.3) is 5.89 Å². The zero-order valence-electron chi connectivity index (χ0n) is 11.9. The van der Waals surface area contributed by atoms with Crippen LogP contribution in [0.1, 0.15) is 11.4 Å². The molecule has 0 radical (unpaired) electrons. The number of methoxy groups -OCH3 is 1. The van der Waals surface area contributed by atoms with Crippen molar-refractivity contribution in [2.24, 2.45) is 0 Å². The standard InChI is InChI=1S/C14H14FN5O2/c1-21-7-6-13-16-14(22-18-13)12-9-20(19-17-12)8-10-4-2-3-5-11(10)15/h2-5,9H,6-8H2,1H3. The molecular weight excluding hydrogens is 289 g/mol. The second-order valence-electron chi connectivity index (χ2n) is 4.65. The summed E-state index contributed by atoms with van der Waals surface area (Å²) in [5.41, 5.74) is 0.984. The van der Waals surface area contributed by atoms with E-state index >= 15 is 0 Å². The van der Waals surface area contributed by atoms with Gasteiger partial charge in [-0.2, -0.15) is 4.98 Å². The van der Waals surface area contributed by atoms with Crippen LogP contribution in [0.3, 0.4) is 0 Å². The minimum atomic E-state index is -0.279. The molecule has 0 unspecified atom stereocenters. The smallest absolute Gasteiger partial charge is 0.280 e. The maximum atomic E-state index is 13.6. The molecular formula is C14H14FN5O2. The van der Waals surface area contributed by atoms with Gasteiger partial charge in [0.05, 0.1) is 19.3 Å². The van der Waals surface area contributed by atoms with Crippen molar-refractivity contribution in [1.29, 1.82) is 0 Å². The van der Waals surface area contributed by atoms with Crippen LogP contribution in [-0.2, 0) is 17.7 Å². The van der Waals surface area contributed by atoms with Crippen LogP contribution in [0.4, 0.5) is 4.39 Å². The van der Waals surface area contributed by atoms with Crippen LogP contribution < -0.4 is 0 Å². The van der Waals surface area contributed by atoms with Gasteiger partial charge >= 0.3 is 0 Å². The lowest BCUT2D eigenvalue weighted by molar-refractivity contribution is 0.199. The normalized spacial score (nSPS) is 11.0. The molecule has 3 aromatic rings. The fraction of sp³-hybridized carbons (Fsp3) is 0.286. The summed E-state index contributed by atoms with van der Waals surface area (Å²) in [6.07, 6.45) is 2.20. The Hall–Kier alpha value is -2.61. The van der Waals surface area contributed by atoms with Crippen molar-refractivity contribution in [3.63, 3.8) is 0 Å². The highest BCUT2D eigenvalue weighted by atomic mass is 19.1. The maximum Gasteiger partial charge on any atom is 0.280 e. The third kappa shape index (κ3) is 3.17. The van der Waals surface area contributed by atoms with Crippen LogP contribution in [0.2, 0.25) is 0 Å². The first kappa shape index (κ1) is 14.3. The average molecular weight is 303 g/mol. The fourth-order valence-corrected chi connectivity index (χ4v) is 1.93. The monoisotopic (exact) mass is 303 g/mol. The van der Waals surface area contributed by atoms with E-state index in [1.807, 2.05) is 0 Å². The largest absolute Gasteiger partial charge is 0.384 e. The predicted molar refractivity (Wildman–Crippen MR) is 74.4 cm³/mol. The van der Waals surface area contributed by atoms with Crippen molar-refractivity contribution in [3.8, 4) is 11.6 Å². The van der Waals surface area contributed by atoms with Crippen LogP contribution in [0, 0.1) is 5.82 Å². The molecule has 3 rings (SSSR count). The van der Waals surface area contributed by atoms with Crippen molar-refractivity contribution in [2.75, 3.05) is 13.7 Å². The number of hydrogen-bond acceptors (Lipinski definition) is 6. The highest BCUT2D eigenvalue weighted by Crippen LogP contribution is 2.15. The van der Waals surface area contributed by atoms with Crippen LogP contribution in [-0.4, -0.2) is 38.9 Å².